The molecular formula is C13H11F3O. The molecule has 90 valence electrons. The third-order valence-corrected chi connectivity index (χ3v) is 2.66. The molecule has 1 fully saturated rings. The van der Waals surface area contributed by atoms with Crippen molar-refractivity contribution in [3.63, 3.8) is 0 Å². The number of halogens is 3. The van der Waals surface area contributed by atoms with Crippen LogP contribution in [0.2, 0.25) is 0 Å². The molecule has 0 heterocycles. The lowest BCUT2D eigenvalue weighted by Crippen LogP contribution is -2.04. The van der Waals surface area contributed by atoms with Gasteiger partial charge in [-0.2, -0.15) is 13.2 Å². The Bertz CT molecular complexity index is 439. The molecule has 1 aromatic rings. The van der Waals surface area contributed by atoms with Gasteiger partial charge < -0.3 is 0 Å². The zero-order valence-electron chi connectivity index (χ0n) is 9.00. The summed E-state index contributed by atoms with van der Waals surface area (Å²) in [5.41, 5.74) is -0.0739. The fraction of sp³-hybridized carbons (Fsp3) is 0.308. The van der Waals surface area contributed by atoms with E-state index < -0.39 is 11.7 Å². The highest BCUT2D eigenvalue weighted by Gasteiger charge is 2.30. The predicted octanol–water partition coefficient (Wildman–Crippen LogP) is 3.70. The summed E-state index contributed by atoms with van der Waals surface area (Å²) in [7, 11) is 0. The lowest BCUT2D eigenvalue weighted by Gasteiger charge is -2.05. The lowest BCUT2D eigenvalue weighted by molar-refractivity contribution is -0.137. The van der Waals surface area contributed by atoms with Gasteiger partial charge in [0.1, 0.15) is 0 Å². The number of carbonyl (C=O) groups excluding carboxylic acids is 1. The third-order valence-electron chi connectivity index (χ3n) is 2.66. The summed E-state index contributed by atoms with van der Waals surface area (Å²) in [5.74, 6) is 0.200. The smallest absolute Gasteiger partial charge is 0.295 e. The van der Waals surface area contributed by atoms with Gasteiger partial charge in [0, 0.05) is 5.92 Å². The minimum atomic E-state index is -4.31. The molecule has 0 aromatic heterocycles. The third kappa shape index (κ3) is 3.19. The predicted molar refractivity (Wildman–Crippen MR) is 58.2 cm³/mol. The zero-order chi connectivity index (χ0) is 12.5. The zero-order valence-corrected chi connectivity index (χ0v) is 9.00. The van der Waals surface area contributed by atoms with Gasteiger partial charge in [-0.3, -0.25) is 4.79 Å². The van der Waals surface area contributed by atoms with E-state index in [-0.39, 0.29) is 11.7 Å². The molecular weight excluding hydrogens is 229 g/mol. The largest absolute Gasteiger partial charge is 0.416 e. The van der Waals surface area contributed by atoms with E-state index in [9.17, 15) is 18.0 Å². The first-order chi connectivity index (χ1) is 7.97. The van der Waals surface area contributed by atoms with Crippen LogP contribution >= 0.6 is 0 Å². The van der Waals surface area contributed by atoms with E-state index in [1.807, 2.05) is 0 Å². The first-order valence-electron chi connectivity index (χ1n) is 5.36. The van der Waals surface area contributed by atoms with Gasteiger partial charge in [0.2, 0.25) is 0 Å². The number of hydrogen-bond acceptors (Lipinski definition) is 1. The van der Waals surface area contributed by atoms with Gasteiger partial charge in [-0.15, -0.1) is 0 Å². The molecule has 17 heavy (non-hydrogen) atoms. The van der Waals surface area contributed by atoms with Crippen molar-refractivity contribution < 1.29 is 18.0 Å². The number of rotatable bonds is 3. The number of hydrogen-bond donors (Lipinski definition) is 0. The van der Waals surface area contributed by atoms with Gasteiger partial charge in [-0.1, -0.05) is 18.2 Å². The van der Waals surface area contributed by atoms with Crippen LogP contribution in [0, 0.1) is 5.92 Å². The molecule has 1 saturated carbocycles. The van der Waals surface area contributed by atoms with Crippen LogP contribution in [0.15, 0.2) is 30.3 Å². The van der Waals surface area contributed by atoms with Crippen molar-refractivity contribution in [1.82, 2.24) is 0 Å². The topological polar surface area (TPSA) is 17.1 Å². The maximum Gasteiger partial charge on any atom is 0.416 e. The van der Waals surface area contributed by atoms with Gasteiger partial charge in [0.05, 0.1) is 5.56 Å². The summed E-state index contributed by atoms with van der Waals surface area (Å²) in [6.07, 6.45) is 0.541. The fourth-order valence-corrected chi connectivity index (χ4v) is 1.47. The summed E-state index contributed by atoms with van der Waals surface area (Å²) >= 11 is 0. The molecule has 0 aliphatic heterocycles. The molecule has 1 aliphatic rings. The Morgan fingerprint density at radius 2 is 1.76 bits per heavy atom. The van der Waals surface area contributed by atoms with Gasteiger partial charge in [-0.25, -0.2) is 0 Å². The monoisotopic (exact) mass is 240 g/mol. The summed E-state index contributed by atoms with van der Waals surface area (Å²) in [5, 5.41) is 0. The summed E-state index contributed by atoms with van der Waals surface area (Å²) in [4.78, 5) is 11.3. The van der Waals surface area contributed by atoms with Gasteiger partial charge in [-0.05, 0) is 36.6 Å². The average Bonchev–Trinajstić information content (AvgIpc) is 3.09. The van der Waals surface area contributed by atoms with Crippen LogP contribution in [0.5, 0.6) is 0 Å². The summed E-state index contributed by atoms with van der Waals surface area (Å²) < 4.78 is 36.8. The molecule has 4 heteroatoms. The molecule has 0 N–H and O–H groups in total. The highest BCUT2D eigenvalue weighted by atomic mass is 19.4. The fourth-order valence-electron chi connectivity index (χ4n) is 1.47. The van der Waals surface area contributed by atoms with E-state index >= 15 is 0 Å². The number of carbonyl (C=O) groups is 1. The van der Waals surface area contributed by atoms with Gasteiger partial charge in [0.25, 0.3) is 0 Å². The number of alkyl halides is 3. The molecule has 0 atom stereocenters. The molecule has 1 aliphatic carbocycles. The van der Waals surface area contributed by atoms with Crippen LogP contribution in [0.25, 0.3) is 6.08 Å². The van der Waals surface area contributed by atoms with E-state index in [4.69, 9.17) is 0 Å². The van der Waals surface area contributed by atoms with E-state index in [1.54, 1.807) is 6.08 Å². The normalized spacial score (nSPS) is 16.4. The molecule has 0 amide bonds. The molecule has 0 unspecified atom stereocenters. The highest BCUT2D eigenvalue weighted by molar-refractivity contribution is 5.96. The Labute approximate surface area is 96.9 Å². The lowest BCUT2D eigenvalue weighted by atomic mass is 10.1. The molecule has 0 radical (unpaired) electrons. The minimum absolute atomic E-state index is 0.0601. The van der Waals surface area contributed by atoms with Crippen LogP contribution < -0.4 is 0 Å². The molecule has 0 spiro atoms. The molecule has 1 aromatic carbocycles. The Morgan fingerprint density at radius 1 is 1.18 bits per heavy atom. The van der Waals surface area contributed by atoms with Crippen molar-refractivity contribution >= 4 is 11.9 Å². The number of allylic oxidation sites excluding steroid dienone is 1. The highest BCUT2D eigenvalue weighted by Crippen LogP contribution is 2.31. The number of benzene rings is 1. The second-order valence-electron chi connectivity index (χ2n) is 4.13. The van der Waals surface area contributed by atoms with Crippen molar-refractivity contribution in [2.24, 2.45) is 5.92 Å². The van der Waals surface area contributed by atoms with Crippen molar-refractivity contribution in [2.45, 2.75) is 19.0 Å². The Kier molecular flexibility index (Phi) is 3.05. The van der Waals surface area contributed by atoms with Crippen LogP contribution in [0.4, 0.5) is 13.2 Å². The minimum Gasteiger partial charge on any atom is -0.295 e. The molecule has 0 saturated heterocycles. The first kappa shape index (κ1) is 11.9. The summed E-state index contributed by atoms with van der Waals surface area (Å²) in [6, 6.07) is 4.75. The standard InChI is InChI=1S/C13H11F3O/c14-13(15,16)11-6-1-9(2-7-11)3-8-12(17)10-4-5-10/h1-3,6-8,10H,4-5H2/b8-3+. The van der Waals surface area contributed by atoms with Crippen molar-refractivity contribution in [3.05, 3.63) is 41.5 Å². The van der Waals surface area contributed by atoms with Gasteiger partial charge in [0.15, 0.2) is 5.78 Å². The maximum atomic E-state index is 12.3. The first-order valence-corrected chi connectivity index (χ1v) is 5.36. The van der Waals surface area contributed by atoms with E-state index in [1.165, 1.54) is 18.2 Å². The Hall–Kier alpha value is -1.58. The second-order valence-corrected chi connectivity index (χ2v) is 4.13. The van der Waals surface area contributed by atoms with Crippen LogP contribution in [0.3, 0.4) is 0 Å². The second kappa shape index (κ2) is 4.35. The Balaban J connectivity index is 2.05. The van der Waals surface area contributed by atoms with Crippen molar-refractivity contribution in [3.8, 4) is 0 Å². The van der Waals surface area contributed by atoms with Gasteiger partial charge >= 0.3 is 6.18 Å². The molecule has 2 rings (SSSR count). The van der Waals surface area contributed by atoms with E-state index in [2.05, 4.69) is 0 Å². The van der Waals surface area contributed by atoms with Crippen molar-refractivity contribution in [1.29, 1.82) is 0 Å². The number of ketones is 1. The van der Waals surface area contributed by atoms with Crippen LogP contribution in [-0.2, 0) is 11.0 Å². The molecule has 1 nitrogen and oxygen atoms in total. The average molecular weight is 240 g/mol. The maximum absolute atomic E-state index is 12.3. The van der Waals surface area contributed by atoms with E-state index in [0.29, 0.717) is 5.56 Å². The van der Waals surface area contributed by atoms with E-state index in [0.717, 1.165) is 25.0 Å². The van der Waals surface area contributed by atoms with Crippen molar-refractivity contribution in [2.75, 3.05) is 0 Å². The molecule has 0 bridgehead atoms. The van der Waals surface area contributed by atoms with Crippen LogP contribution in [0.1, 0.15) is 24.0 Å². The SMILES string of the molecule is O=C(/C=C/c1ccc(C(F)(F)F)cc1)C1CC1. The Morgan fingerprint density at radius 3 is 2.24 bits per heavy atom. The quantitative estimate of drug-likeness (QED) is 0.736. The van der Waals surface area contributed by atoms with Crippen LogP contribution in [-0.4, -0.2) is 5.78 Å². The summed E-state index contributed by atoms with van der Waals surface area (Å²) in [6.45, 7) is 0.